The van der Waals surface area contributed by atoms with Crippen LogP contribution in [0.4, 0.5) is 4.79 Å². The molecule has 0 spiro atoms. The Kier molecular flexibility index (Phi) is 4.79. The van der Waals surface area contributed by atoms with E-state index in [1.165, 1.54) is 0 Å². The van der Waals surface area contributed by atoms with Crippen LogP contribution in [0.5, 0.6) is 0 Å². The van der Waals surface area contributed by atoms with Crippen LogP contribution >= 0.6 is 0 Å². The molecule has 1 heterocycles. The van der Waals surface area contributed by atoms with Crippen molar-refractivity contribution in [2.24, 2.45) is 5.41 Å². The summed E-state index contributed by atoms with van der Waals surface area (Å²) in [5.74, 6) is -0.903. The van der Waals surface area contributed by atoms with Crippen molar-refractivity contribution in [3.63, 3.8) is 0 Å². The molecule has 1 rings (SSSR count). The van der Waals surface area contributed by atoms with Crippen molar-refractivity contribution in [2.75, 3.05) is 13.2 Å². The molecule has 2 N–H and O–H groups in total. The Balaban J connectivity index is 2.70. The fraction of sp³-hybridized carbons (Fsp3) is 0.846. The van der Waals surface area contributed by atoms with Crippen molar-refractivity contribution in [3.05, 3.63) is 0 Å². The number of hydrogen-bond acceptors (Lipinski definition) is 4. The van der Waals surface area contributed by atoms with E-state index in [2.05, 4.69) is 5.32 Å². The topological polar surface area (TPSA) is 84.9 Å². The van der Waals surface area contributed by atoms with E-state index in [9.17, 15) is 14.7 Å². The molecule has 0 saturated carbocycles. The van der Waals surface area contributed by atoms with Crippen LogP contribution < -0.4 is 5.32 Å². The van der Waals surface area contributed by atoms with Gasteiger partial charge in [0.1, 0.15) is 5.60 Å². The Morgan fingerprint density at radius 3 is 2.26 bits per heavy atom. The summed E-state index contributed by atoms with van der Waals surface area (Å²) in [4.78, 5) is 23.3. The molecular weight excluding hydrogens is 250 g/mol. The maximum absolute atomic E-state index is 11.7. The summed E-state index contributed by atoms with van der Waals surface area (Å²) in [5, 5.41) is 12.1. The number of aliphatic carboxylic acids is 1. The van der Waals surface area contributed by atoms with Crippen LogP contribution in [-0.2, 0) is 14.3 Å². The first-order valence-corrected chi connectivity index (χ1v) is 6.48. The van der Waals surface area contributed by atoms with Gasteiger partial charge >= 0.3 is 12.1 Å². The summed E-state index contributed by atoms with van der Waals surface area (Å²) in [6.45, 7) is 7.78. The van der Waals surface area contributed by atoms with Crippen molar-refractivity contribution >= 4 is 12.1 Å². The van der Waals surface area contributed by atoms with Crippen molar-refractivity contribution in [1.29, 1.82) is 0 Å². The number of carbonyl (C=O) groups excluding carboxylic acids is 1. The van der Waals surface area contributed by atoms with Gasteiger partial charge in [-0.05, 0) is 40.5 Å². The normalized spacial score (nSPS) is 20.4. The minimum Gasteiger partial charge on any atom is -0.481 e. The first-order valence-electron chi connectivity index (χ1n) is 6.48. The van der Waals surface area contributed by atoms with Crippen LogP contribution in [0.3, 0.4) is 0 Å². The van der Waals surface area contributed by atoms with E-state index in [0.29, 0.717) is 26.1 Å². The maximum Gasteiger partial charge on any atom is 0.407 e. The van der Waals surface area contributed by atoms with Gasteiger partial charge in [-0.15, -0.1) is 0 Å². The van der Waals surface area contributed by atoms with Gasteiger partial charge in [-0.25, -0.2) is 4.79 Å². The van der Waals surface area contributed by atoms with Crippen molar-refractivity contribution < 1.29 is 24.2 Å². The number of hydrogen-bond donors (Lipinski definition) is 2. The standard InChI is InChI=1S/C13H23NO5/c1-9(14-11(17)19-12(2,3)4)13(10(15)16)5-7-18-8-6-13/h9H,5-8H2,1-4H3,(H,14,17)(H,15,16). The Morgan fingerprint density at radius 1 is 1.32 bits per heavy atom. The number of alkyl carbamates (subject to hydrolysis) is 1. The first-order chi connectivity index (χ1) is 8.67. The van der Waals surface area contributed by atoms with Crippen LogP contribution in [0.2, 0.25) is 0 Å². The highest BCUT2D eigenvalue weighted by molar-refractivity contribution is 5.77. The van der Waals surface area contributed by atoms with Gasteiger partial charge in [-0.1, -0.05) is 0 Å². The lowest BCUT2D eigenvalue weighted by Gasteiger charge is -2.38. The fourth-order valence-corrected chi connectivity index (χ4v) is 2.19. The molecule has 1 saturated heterocycles. The summed E-state index contributed by atoms with van der Waals surface area (Å²) in [5.41, 5.74) is -1.58. The van der Waals surface area contributed by atoms with Gasteiger partial charge in [0.25, 0.3) is 0 Å². The van der Waals surface area contributed by atoms with Gasteiger partial charge in [0.05, 0.1) is 5.41 Å². The molecule has 6 heteroatoms. The van der Waals surface area contributed by atoms with Gasteiger partial charge in [-0.3, -0.25) is 4.79 Å². The second kappa shape index (κ2) is 5.77. The number of ether oxygens (including phenoxy) is 2. The zero-order chi connectivity index (χ0) is 14.7. The number of carboxylic acid groups (broad SMARTS) is 1. The smallest absolute Gasteiger partial charge is 0.407 e. The average molecular weight is 273 g/mol. The lowest BCUT2D eigenvalue weighted by atomic mass is 9.74. The second-order valence-electron chi connectivity index (χ2n) is 5.94. The third-order valence-electron chi connectivity index (χ3n) is 3.37. The summed E-state index contributed by atoms with van der Waals surface area (Å²) in [6, 6.07) is -0.510. The summed E-state index contributed by atoms with van der Waals surface area (Å²) >= 11 is 0. The second-order valence-corrected chi connectivity index (χ2v) is 5.94. The minimum absolute atomic E-state index is 0.388. The number of nitrogens with one attached hydrogen (secondary N) is 1. The van der Waals surface area contributed by atoms with Crippen LogP contribution in [0.15, 0.2) is 0 Å². The van der Waals surface area contributed by atoms with E-state index < -0.39 is 29.1 Å². The van der Waals surface area contributed by atoms with E-state index >= 15 is 0 Å². The maximum atomic E-state index is 11.7. The molecule has 0 bridgehead atoms. The Bertz CT molecular complexity index is 341. The van der Waals surface area contributed by atoms with Gasteiger partial charge in [0.15, 0.2) is 0 Å². The molecule has 19 heavy (non-hydrogen) atoms. The largest absolute Gasteiger partial charge is 0.481 e. The lowest BCUT2D eigenvalue weighted by molar-refractivity contribution is -0.157. The molecule has 1 fully saturated rings. The zero-order valence-corrected chi connectivity index (χ0v) is 12.0. The highest BCUT2D eigenvalue weighted by Gasteiger charge is 2.46. The molecule has 0 aliphatic carbocycles. The van der Waals surface area contributed by atoms with Crippen LogP contribution in [0.1, 0.15) is 40.5 Å². The number of carboxylic acids is 1. The molecule has 1 atom stereocenters. The van der Waals surface area contributed by atoms with Crippen LogP contribution in [0, 0.1) is 5.41 Å². The van der Waals surface area contributed by atoms with Crippen LogP contribution in [-0.4, -0.2) is 42.0 Å². The van der Waals surface area contributed by atoms with E-state index in [1.807, 2.05) is 0 Å². The van der Waals surface area contributed by atoms with Gasteiger partial charge in [0.2, 0.25) is 0 Å². The molecular formula is C13H23NO5. The van der Waals surface area contributed by atoms with Crippen molar-refractivity contribution in [1.82, 2.24) is 5.32 Å². The Labute approximate surface area is 113 Å². The first kappa shape index (κ1) is 15.8. The molecule has 0 aromatic carbocycles. The highest BCUT2D eigenvalue weighted by Crippen LogP contribution is 2.34. The highest BCUT2D eigenvalue weighted by atomic mass is 16.6. The summed E-state index contributed by atoms with van der Waals surface area (Å²) in [6.07, 6.45) is 0.186. The van der Waals surface area contributed by atoms with Gasteiger partial charge < -0.3 is 19.9 Å². The third-order valence-corrected chi connectivity index (χ3v) is 3.37. The molecule has 110 valence electrons. The molecule has 0 aromatic heterocycles. The molecule has 1 unspecified atom stereocenters. The quantitative estimate of drug-likeness (QED) is 0.818. The van der Waals surface area contributed by atoms with E-state index in [0.717, 1.165) is 0 Å². The van der Waals surface area contributed by atoms with Crippen molar-refractivity contribution in [3.8, 4) is 0 Å². The van der Waals surface area contributed by atoms with Gasteiger partial charge in [-0.2, -0.15) is 0 Å². The number of rotatable bonds is 3. The number of carbonyl (C=O) groups is 2. The van der Waals surface area contributed by atoms with E-state index in [1.54, 1.807) is 27.7 Å². The predicted molar refractivity (Wildman–Crippen MR) is 69.0 cm³/mol. The molecule has 0 aromatic rings. The van der Waals surface area contributed by atoms with E-state index in [4.69, 9.17) is 9.47 Å². The fourth-order valence-electron chi connectivity index (χ4n) is 2.19. The molecule has 0 radical (unpaired) electrons. The molecule has 1 aliphatic heterocycles. The Hall–Kier alpha value is -1.30. The minimum atomic E-state index is -0.977. The Morgan fingerprint density at radius 2 is 1.84 bits per heavy atom. The molecule has 1 amide bonds. The predicted octanol–water partition coefficient (Wildman–Crippen LogP) is 1.78. The summed E-state index contributed by atoms with van der Waals surface area (Å²) in [7, 11) is 0. The average Bonchev–Trinajstić information content (AvgIpc) is 2.26. The number of amides is 1. The van der Waals surface area contributed by atoms with E-state index in [-0.39, 0.29) is 0 Å². The third kappa shape index (κ3) is 4.09. The summed E-state index contributed by atoms with van der Waals surface area (Å²) < 4.78 is 10.4. The SMILES string of the molecule is CC(NC(=O)OC(C)(C)C)C1(C(=O)O)CCOCC1. The molecule has 1 aliphatic rings. The monoisotopic (exact) mass is 273 g/mol. The lowest BCUT2D eigenvalue weighted by Crippen LogP contribution is -2.53. The zero-order valence-electron chi connectivity index (χ0n) is 12.0. The molecule has 6 nitrogen and oxygen atoms in total. The van der Waals surface area contributed by atoms with Crippen molar-refractivity contribution in [2.45, 2.75) is 52.2 Å². The van der Waals surface area contributed by atoms with Gasteiger partial charge in [0, 0.05) is 19.3 Å². The van der Waals surface area contributed by atoms with Crippen LogP contribution in [0.25, 0.3) is 0 Å².